The summed E-state index contributed by atoms with van der Waals surface area (Å²) < 4.78 is 0. The predicted molar refractivity (Wildman–Crippen MR) is 111 cm³/mol. The molecule has 27 heavy (non-hydrogen) atoms. The first-order valence-corrected chi connectivity index (χ1v) is 11.2. The lowest BCUT2D eigenvalue weighted by atomic mass is 9.84. The zero-order valence-electron chi connectivity index (χ0n) is 17.5. The molecule has 0 amide bonds. The summed E-state index contributed by atoms with van der Waals surface area (Å²) in [5, 5.41) is 19.3. The summed E-state index contributed by atoms with van der Waals surface area (Å²) in [6, 6.07) is 0. The number of allylic oxidation sites excluding steroid dienone is 4. The maximum absolute atomic E-state index is 12.8. The van der Waals surface area contributed by atoms with Gasteiger partial charge in [0.2, 0.25) is 0 Å². The average Bonchev–Trinajstić information content (AvgIpc) is 3.13. The van der Waals surface area contributed by atoms with E-state index in [-0.39, 0.29) is 12.5 Å². The van der Waals surface area contributed by atoms with Crippen molar-refractivity contribution in [2.24, 2.45) is 17.8 Å². The summed E-state index contributed by atoms with van der Waals surface area (Å²) >= 11 is 0. The third-order valence-corrected chi connectivity index (χ3v) is 6.34. The Bertz CT molecular complexity index is 516. The molecular formula is C24H40O3. The fraction of sp³-hybridized carbons (Fsp3) is 0.792. The zero-order valence-corrected chi connectivity index (χ0v) is 17.5. The van der Waals surface area contributed by atoms with E-state index in [2.05, 4.69) is 26.0 Å². The number of aliphatic hydroxyl groups excluding tert-OH is 2. The lowest BCUT2D eigenvalue weighted by molar-refractivity contribution is -0.127. The van der Waals surface area contributed by atoms with Gasteiger partial charge in [-0.05, 0) is 77.0 Å². The molecule has 0 spiro atoms. The van der Waals surface area contributed by atoms with Crippen LogP contribution in [-0.4, -0.2) is 28.7 Å². The number of Topliss-reactive ketones (excluding diaryl/α,β-unsaturated/α-hetero) is 1. The van der Waals surface area contributed by atoms with Crippen molar-refractivity contribution in [2.75, 3.05) is 6.61 Å². The van der Waals surface area contributed by atoms with E-state index in [1.165, 1.54) is 24.0 Å². The molecule has 2 aliphatic carbocycles. The standard InChI is InChI=1S/C24H40O3/c1-18(2)11-7-4-3-5-9-13-22(26)24-21-16-19(12-8-6-10-14-25)15-20(21)17-23(24)27/h11,15,20-21,23-25,27H,3-10,12-14,16-17H2,1-2H3/t20-,21-,23-,24+/m1/s1. The van der Waals surface area contributed by atoms with Crippen LogP contribution in [0.2, 0.25) is 0 Å². The molecule has 3 nitrogen and oxygen atoms in total. The second kappa shape index (κ2) is 11.8. The molecule has 0 aromatic rings. The Morgan fingerprint density at radius 2 is 1.85 bits per heavy atom. The molecule has 0 bridgehead atoms. The highest BCUT2D eigenvalue weighted by molar-refractivity contribution is 5.82. The number of hydrogen-bond acceptors (Lipinski definition) is 3. The number of unbranched alkanes of at least 4 members (excludes halogenated alkanes) is 6. The van der Waals surface area contributed by atoms with Crippen LogP contribution in [0.25, 0.3) is 0 Å². The number of ketones is 1. The third kappa shape index (κ3) is 7.19. The van der Waals surface area contributed by atoms with Gasteiger partial charge in [-0.1, -0.05) is 42.6 Å². The van der Waals surface area contributed by atoms with Gasteiger partial charge in [0.25, 0.3) is 0 Å². The topological polar surface area (TPSA) is 57.5 Å². The Morgan fingerprint density at radius 3 is 2.59 bits per heavy atom. The summed E-state index contributed by atoms with van der Waals surface area (Å²) in [5.74, 6) is 0.921. The number of fused-ring (bicyclic) bond motifs is 1. The molecule has 154 valence electrons. The Labute approximate surface area is 165 Å². The smallest absolute Gasteiger partial charge is 0.138 e. The van der Waals surface area contributed by atoms with Crippen LogP contribution in [0, 0.1) is 17.8 Å². The van der Waals surface area contributed by atoms with E-state index in [1.807, 2.05) is 0 Å². The third-order valence-electron chi connectivity index (χ3n) is 6.34. The zero-order chi connectivity index (χ0) is 19.6. The molecule has 4 atom stereocenters. The highest BCUT2D eigenvalue weighted by Crippen LogP contribution is 2.48. The van der Waals surface area contributed by atoms with Gasteiger partial charge in [0.05, 0.1) is 6.10 Å². The predicted octanol–water partition coefficient (Wildman–Crippen LogP) is 5.36. The van der Waals surface area contributed by atoms with E-state index in [9.17, 15) is 9.90 Å². The average molecular weight is 377 g/mol. The minimum Gasteiger partial charge on any atom is -0.396 e. The molecule has 0 aromatic carbocycles. The Kier molecular flexibility index (Phi) is 9.78. The summed E-state index contributed by atoms with van der Waals surface area (Å²) in [6.07, 6.45) is 16.4. The van der Waals surface area contributed by atoms with Gasteiger partial charge in [0, 0.05) is 18.9 Å². The number of carbonyl (C=O) groups excluding carboxylic acids is 1. The van der Waals surface area contributed by atoms with Gasteiger partial charge in [-0.25, -0.2) is 0 Å². The first-order valence-electron chi connectivity index (χ1n) is 11.2. The van der Waals surface area contributed by atoms with Gasteiger partial charge < -0.3 is 10.2 Å². The highest BCUT2D eigenvalue weighted by atomic mass is 16.3. The number of aliphatic hydroxyl groups is 2. The van der Waals surface area contributed by atoms with Gasteiger partial charge in [0.15, 0.2) is 0 Å². The van der Waals surface area contributed by atoms with Crippen molar-refractivity contribution in [2.45, 2.75) is 97.0 Å². The van der Waals surface area contributed by atoms with Crippen molar-refractivity contribution in [1.82, 2.24) is 0 Å². The second-order valence-electron chi connectivity index (χ2n) is 8.92. The monoisotopic (exact) mass is 376 g/mol. The summed E-state index contributed by atoms with van der Waals surface area (Å²) in [4.78, 5) is 12.8. The van der Waals surface area contributed by atoms with Crippen molar-refractivity contribution in [1.29, 1.82) is 0 Å². The van der Waals surface area contributed by atoms with E-state index in [1.54, 1.807) is 0 Å². The molecule has 3 heteroatoms. The fourth-order valence-corrected chi connectivity index (χ4v) is 4.93. The van der Waals surface area contributed by atoms with E-state index in [4.69, 9.17) is 5.11 Å². The van der Waals surface area contributed by atoms with E-state index in [0.717, 1.165) is 57.8 Å². The van der Waals surface area contributed by atoms with Gasteiger partial charge in [-0.15, -0.1) is 0 Å². The lowest BCUT2D eigenvalue weighted by Gasteiger charge is -2.20. The van der Waals surface area contributed by atoms with Gasteiger partial charge in [-0.3, -0.25) is 4.79 Å². The van der Waals surface area contributed by atoms with Gasteiger partial charge >= 0.3 is 0 Å². The molecule has 2 N–H and O–H groups in total. The Balaban J connectivity index is 1.68. The van der Waals surface area contributed by atoms with Crippen LogP contribution in [0.3, 0.4) is 0 Å². The molecule has 0 radical (unpaired) electrons. The van der Waals surface area contributed by atoms with Gasteiger partial charge in [0.1, 0.15) is 5.78 Å². The maximum atomic E-state index is 12.8. The minimum absolute atomic E-state index is 0.133. The second-order valence-corrected chi connectivity index (χ2v) is 8.92. The summed E-state index contributed by atoms with van der Waals surface area (Å²) in [5.41, 5.74) is 2.86. The molecule has 0 aliphatic heterocycles. The normalized spacial score (nSPS) is 26.7. The lowest BCUT2D eigenvalue weighted by Crippen LogP contribution is -2.28. The minimum atomic E-state index is -0.433. The quantitative estimate of drug-likeness (QED) is 0.336. The van der Waals surface area contributed by atoms with Crippen LogP contribution in [0.5, 0.6) is 0 Å². The molecule has 1 fully saturated rings. The van der Waals surface area contributed by atoms with Crippen molar-refractivity contribution >= 4 is 5.78 Å². The van der Waals surface area contributed by atoms with Crippen LogP contribution in [-0.2, 0) is 4.79 Å². The van der Waals surface area contributed by atoms with E-state index >= 15 is 0 Å². The largest absolute Gasteiger partial charge is 0.396 e. The molecule has 0 unspecified atom stereocenters. The molecule has 0 aromatic heterocycles. The first kappa shape index (κ1) is 22.4. The van der Waals surface area contributed by atoms with Gasteiger partial charge in [-0.2, -0.15) is 0 Å². The van der Waals surface area contributed by atoms with E-state index in [0.29, 0.717) is 24.0 Å². The molecule has 2 aliphatic rings. The van der Waals surface area contributed by atoms with Crippen molar-refractivity contribution in [3.63, 3.8) is 0 Å². The van der Waals surface area contributed by atoms with Crippen LogP contribution in [0.4, 0.5) is 0 Å². The molecular weight excluding hydrogens is 336 g/mol. The van der Waals surface area contributed by atoms with E-state index < -0.39 is 6.10 Å². The molecule has 2 rings (SSSR count). The van der Waals surface area contributed by atoms with Crippen LogP contribution >= 0.6 is 0 Å². The number of rotatable bonds is 13. The Morgan fingerprint density at radius 1 is 1.11 bits per heavy atom. The Hall–Kier alpha value is -0.930. The molecule has 1 saturated carbocycles. The summed E-state index contributed by atoms with van der Waals surface area (Å²) in [7, 11) is 0. The summed E-state index contributed by atoms with van der Waals surface area (Å²) in [6.45, 7) is 4.55. The molecule has 0 saturated heterocycles. The maximum Gasteiger partial charge on any atom is 0.138 e. The van der Waals surface area contributed by atoms with Crippen molar-refractivity contribution in [3.05, 3.63) is 23.3 Å². The van der Waals surface area contributed by atoms with Crippen LogP contribution in [0.1, 0.15) is 90.9 Å². The van der Waals surface area contributed by atoms with Crippen molar-refractivity contribution < 1.29 is 15.0 Å². The van der Waals surface area contributed by atoms with Crippen LogP contribution < -0.4 is 0 Å². The highest BCUT2D eigenvalue weighted by Gasteiger charge is 2.47. The molecule has 0 heterocycles. The number of hydrogen-bond donors (Lipinski definition) is 2. The van der Waals surface area contributed by atoms with Crippen LogP contribution in [0.15, 0.2) is 23.3 Å². The first-order chi connectivity index (χ1) is 13.0. The van der Waals surface area contributed by atoms with Crippen molar-refractivity contribution in [3.8, 4) is 0 Å². The number of carbonyl (C=O) groups is 1. The SMILES string of the molecule is CC(C)=CCCCCCCC(=O)[C@@H]1[C@@H]2CC(CCCCCO)=C[C@@H]2C[C@H]1O. The fourth-order valence-electron chi connectivity index (χ4n) is 4.93.